The fraction of sp³-hybridized carbons (Fsp3) is 0.364. The highest BCUT2D eigenvalue weighted by Crippen LogP contribution is 2.29. The Balaban J connectivity index is 1.97. The third-order valence-electron chi connectivity index (χ3n) is 2.35. The van der Waals surface area contributed by atoms with Crippen molar-refractivity contribution in [2.45, 2.75) is 16.6 Å². The molecule has 1 aliphatic rings. The van der Waals surface area contributed by atoms with E-state index in [1.54, 1.807) is 0 Å². The van der Waals surface area contributed by atoms with Crippen LogP contribution >= 0.6 is 24.0 Å². The maximum absolute atomic E-state index is 5.25. The van der Waals surface area contributed by atoms with Crippen LogP contribution < -0.4 is 0 Å². The highest BCUT2D eigenvalue weighted by molar-refractivity contribution is 8.00. The Kier molecular flexibility index (Phi) is 3.08. The van der Waals surface area contributed by atoms with Crippen molar-refractivity contribution in [3.8, 4) is 0 Å². The first-order chi connectivity index (χ1) is 6.75. The lowest BCUT2D eigenvalue weighted by molar-refractivity contribution is 0.561. The number of likely N-dealkylation sites (tertiary alicyclic amines) is 1. The van der Waals surface area contributed by atoms with Gasteiger partial charge in [0, 0.05) is 30.2 Å². The van der Waals surface area contributed by atoms with Crippen molar-refractivity contribution in [2.75, 3.05) is 13.6 Å². The van der Waals surface area contributed by atoms with Crippen molar-refractivity contribution in [3.63, 3.8) is 0 Å². The fourth-order valence-electron chi connectivity index (χ4n) is 1.59. The van der Waals surface area contributed by atoms with Gasteiger partial charge in [-0.05, 0) is 12.1 Å². The van der Waals surface area contributed by atoms with Gasteiger partial charge < -0.3 is 4.90 Å². The van der Waals surface area contributed by atoms with Crippen LogP contribution in [0.1, 0.15) is 6.42 Å². The summed E-state index contributed by atoms with van der Waals surface area (Å²) in [5, 5.41) is 0.634. The number of thiocarbonyl (C=S) groups is 1. The lowest BCUT2D eigenvalue weighted by Gasteiger charge is -2.10. The number of thioether (sulfide) groups is 1. The number of hydrogen-bond acceptors (Lipinski definition) is 2. The zero-order valence-corrected chi connectivity index (χ0v) is 9.78. The normalized spacial score (nSPS) is 21.6. The van der Waals surface area contributed by atoms with Gasteiger partial charge in [0.1, 0.15) is 0 Å². The van der Waals surface area contributed by atoms with Gasteiger partial charge in [-0.15, -0.1) is 11.8 Å². The van der Waals surface area contributed by atoms with Gasteiger partial charge in [-0.1, -0.05) is 30.4 Å². The largest absolute Gasteiger partial charge is 0.368 e. The molecule has 0 radical (unpaired) electrons. The second-order valence-corrected chi connectivity index (χ2v) is 5.38. The van der Waals surface area contributed by atoms with Crippen LogP contribution in [0.15, 0.2) is 35.2 Å². The molecule has 1 aromatic carbocycles. The minimum absolute atomic E-state index is 0.634. The van der Waals surface area contributed by atoms with E-state index in [4.69, 9.17) is 12.2 Å². The van der Waals surface area contributed by atoms with Gasteiger partial charge in [0.05, 0.1) is 4.99 Å². The first-order valence-corrected chi connectivity index (χ1v) is 6.00. The van der Waals surface area contributed by atoms with Crippen LogP contribution in [0, 0.1) is 0 Å². The lowest BCUT2D eigenvalue weighted by Crippen LogP contribution is -2.17. The Hall–Kier alpha value is -0.540. The van der Waals surface area contributed by atoms with Crippen molar-refractivity contribution < 1.29 is 0 Å². The predicted molar refractivity (Wildman–Crippen MR) is 65.9 cm³/mol. The quantitative estimate of drug-likeness (QED) is 0.710. The van der Waals surface area contributed by atoms with Crippen LogP contribution in [0.2, 0.25) is 0 Å². The van der Waals surface area contributed by atoms with Crippen LogP contribution in [-0.4, -0.2) is 28.7 Å². The summed E-state index contributed by atoms with van der Waals surface area (Å²) in [6, 6.07) is 10.5. The predicted octanol–water partition coefficient (Wildman–Crippen LogP) is 2.81. The van der Waals surface area contributed by atoms with E-state index in [-0.39, 0.29) is 0 Å². The van der Waals surface area contributed by atoms with E-state index in [0.717, 1.165) is 18.0 Å². The van der Waals surface area contributed by atoms with E-state index < -0.39 is 0 Å². The van der Waals surface area contributed by atoms with Gasteiger partial charge in [0.15, 0.2) is 0 Å². The molecule has 1 unspecified atom stereocenters. The second kappa shape index (κ2) is 4.32. The summed E-state index contributed by atoms with van der Waals surface area (Å²) in [4.78, 5) is 4.62. The van der Waals surface area contributed by atoms with E-state index in [9.17, 15) is 0 Å². The van der Waals surface area contributed by atoms with Crippen molar-refractivity contribution >= 4 is 29.0 Å². The third-order valence-corrected chi connectivity index (χ3v) is 4.02. The molecule has 1 heterocycles. The summed E-state index contributed by atoms with van der Waals surface area (Å²) in [6.07, 6.45) is 1.05. The van der Waals surface area contributed by atoms with E-state index in [1.165, 1.54) is 4.90 Å². The van der Waals surface area contributed by atoms with Crippen LogP contribution in [-0.2, 0) is 0 Å². The smallest absolute Gasteiger partial charge is 0.0789 e. The molecule has 1 atom stereocenters. The summed E-state index contributed by atoms with van der Waals surface area (Å²) < 4.78 is 0. The molecule has 1 aliphatic heterocycles. The molecule has 2 rings (SSSR count). The van der Waals surface area contributed by atoms with Crippen LogP contribution in [0.25, 0.3) is 0 Å². The van der Waals surface area contributed by atoms with E-state index >= 15 is 0 Å². The molecule has 0 spiro atoms. The number of rotatable bonds is 2. The Morgan fingerprint density at radius 2 is 2.07 bits per heavy atom. The summed E-state index contributed by atoms with van der Waals surface area (Å²) in [6.45, 7) is 1.08. The van der Waals surface area contributed by atoms with Gasteiger partial charge in [-0.2, -0.15) is 0 Å². The summed E-state index contributed by atoms with van der Waals surface area (Å²) in [5.74, 6) is 0. The molecule has 1 fully saturated rings. The molecule has 1 nitrogen and oxygen atoms in total. The molecular weight excluding hydrogens is 210 g/mol. The molecule has 0 amide bonds. The van der Waals surface area contributed by atoms with Gasteiger partial charge in [0.25, 0.3) is 0 Å². The number of hydrogen-bond donors (Lipinski definition) is 0. The van der Waals surface area contributed by atoms with E-state index in [0.29, 0.717) is 5.25 Å². The van der Waals surface area contributed by atoms with Crippen LogP contribution in [0.5, 0.6) is 0 Å². The molecule has 0 saturated carbocycles. The van der Waals surface area contributed by atoms with Crippen LogP contribution in [0.3, 0.4) is 0 Å². The maximum atomic E-state index is 5.25. The molecule has 0 aromatic heterocycles. The molecular formula is C11H13NS2. The van der Waals surface area contributed by atoms with Gasteiger partial charge in [-0.25, -0.2) is 0 Å². The Morgan fingerprint density at radius 1 is 1.36 bits per heavy atom. The summed E-state index contributed by atoms with van der Waals surface area (Å²) in [5.41, 5.74) is 0. The standard InChI is InChI=1S/C11H13NS2/c1-12-8-10(7-11(12)13)14-9-5-3-2-4-6-9/h2-6,10H,7-8H2,1H3. The average Bonchev–Trinajstić information content (AvgIpc) is 2.47. The van der Waals surface area contributed by atoms with Crippen molar-refractivity contribution in [1.82, 2.24) is 4.90 Å². The minimum atomic E-state index is 0.634. The summed E-state index contributed by atoms with van der Waals surface area (Å²) in [7, 11) is 2.08. The Labute approximate surface area is 94.5 Å². The van der Waals surface area contributed by atoms with Gasteiger partial charge >= 0.3 is 0 Å². The Morgan fingerprint density at radius 3 is 2.64 bits per heavy atom. The van der Waals surface area contributed by atoms with Crippen molar-refractivity contribution in [2.24, 2.45) is 0 Å². The number of benzene rings is 1. The number of nitrogens with zero attached hydrogens (tertiary/aromatic N) is 1. The van der Waals surface area contributed by atoms with E-state index in [2.05, 4.69) is 42.3 Å². The molecule has 74 valence electrons. The van der Waals surface area contributed by atoms with E-state index in [1.807, 2.05) is 11.8 Å². The van der Waals surface area contributed by atoms with Gasteiger partial charge in [-0.3, -0.25) is 0 Å². The maximum Gasteiger partial charge on any atom is 0.0789 e. The zero-order chi connectivity index (χ0) is 9.97. The van der Waals surface area contributed by atoms with Crippen molar-refractivity contribution in [1.29, 1.82) is 0 Å². The molecule has 0 bridgehead atoms. The SMILES string of the molecule is CN1CC(Sc2ccccc2)CC1=S. The van der Waals surface area contributed by atoms with Crippen molar-refractivity contribution in [3.05, 3.63) is 30.3 Å². The highest BCUT2D eigenvalue weighted by Gasteiger charge is 2.24. The lowest BCUT2D eigenvalue weighted by atomic mass is 10.4. The Bertz CT molecular complexity index is 323. The molecule has 0 N–H and O–H groups in total. The summed E-state index contributed by atoms with van der Waals surface area (Å²) >= 11 is 7.18. The molecule has 3 heteroatoms. The monoisotopic (exact) mass is 223 g/mol. The highest BCUT2D eigenvalue weighted by atomic mass is 32.2. The molecule has 14 heavy (non-hydrogen) atoms. The first kappa shape index (κ1) is 9.99. The second-order valence-electron chi connectivity index (χ2n) is 3.53. The van der Waals surface area contributed by atoms with Crippen LogP contribution in [0.4, 0.5) is 0 Å². The molecule has 0 aliphatic carbocycles. The third kappa shape index (κ3) is 2.28. The zero-order valence-electron chi connectivity index (χ0n) is 8.14. The fourth-order valence-corrected chi connectivity index (χ4v) is 3.21. The molecule has 1 aromatic rings. The van der Waals surface area contributed by atoms with Gasteiger partial charge in [0.2, 0.25) is 0 Å². The molecule has 1 saturated heterocycles. The first-order valence-electron chi connectivity index (χ1n) is 4.71. The average molecular weight is 223 g/mol. The minimum Gasteiger partial charge on any atom is -0.368 e. The topological polar surface area (TPSA) is 3.24 Å².